The Bertz CT molecular complexity index is 349. The normalized spacial score (nSPS) is 12.9. The summed E-state index contributed by atoms with van der Waals surface area (Å²) in [5, 5.41) is 3.60. The van der Waals surface area contributed by atoms with Crippen LogP contribution in [0.15, 0.2) is 28.7 Å². The molecular weight excluding hydrogens is 298 g/mol. The second-order valence-electron chi connectivity index (χ2n) is 5.76. The number of benzene rings is 1. The third kappa shape index (κ3) is 7.74. The number of hydrogen-bond acceptors (Lipinski definition) is 1. The molecule has 1 aromatic rings. The summed E-state index contributed by atoms with van der Waals surface area (Å²) in [4.78, 5) is 0. The molecule has 19 heavy (non-hydrogen) atoms. The zero-order valence-corrected chi connectivity index (χ0v) is 14.2. The molecule has 1 rings (SSSR count). The van der Waals surface area contributed by atoms with Gasteiger partial charge in [0.2, 0.25) is 0 Å². The average Bonchev–Trinajstić information content (AvgIpc) is 2.36. The zero-order chi connectivity index (χ0) is 14.1. The van der Waals surface area contributed by atoms with Gasteiger partial charge in [0.05, 0.1) is 0 Å². The summed E-state index contributed by atoms with van der Waals surface area (Å²) in [5.74, 6) is 0.753. The Balaban J connectivity index is 2.51. The van der Waals surface area contributed by atoms with Gasteiger partial charge in [0.15, 0.2) is 0 Å². The van der Waals surface area contributed by atoms with Gasteiger partial charge < -0.3 is 5.32 Å². The fourth-order valence-corrected chi connectivity index (χ4v) is 2.81. The van der Waals surface area contributed by atoms with E-state index in [4.69, 9.17) is 0 Å². The summed E-state index contributed by atoms with van der Waals surface area (Å²) in [6.45, 7) is 7.86. The largest absolute Gasteiger partial charge is 0.314 e. The first-order chi connectivity index (χ1) is 9.11. The molecule has 0 aliphatic heterocycles. The van der Waals surface area contributed by atoms with E-state index in [9.17, 15) is 0 Å². The topological polar surface area (TPSA) is 12.0 Å². The van der Waals surface area contributed by atoms with Gasteiger partial charge in [-0.05, 0) is 43.0 Å². The molecule has 0 aliphatic carbocycles. The van der Waals surface area contributed by atoms with Crippen molar-refractivity contribution in [2.75, 3.05) is 6.54 Å². The monoisotopic (exact) mass is 325 g/mol. The van der Waals surface area contributed by atoms with Crippen LogP contribution in [0, 0.1) is 5.92 Å². The van der Waals surface area contributed by atoms with E-state index in [1.54, 1.807) is 0 Å². The van der Waals surface area contributed by atoms with Crippen molar-refractivity contribution in [3.63, 3.8) is 0 Å². The van der Waals surface area contributed by atoms with Crippen molar-refractivity contribution in [3.8, 4) is 0 Å². The molecule has 1 atom stereocenters. The van der Waals surface area contributed by atoms with Crippen molar-refractivity contribution < 1.29 is 0 Å². The Labute approximate surface area is 127 Å². The van der Waals surface area contributed by atoms with Crippen LogP contribution >= 0.6 is 15.9 Å². The molecule has 0 saturated carbocycles. The van der Waals surface area contributed by atoms with Gasteiger partial charge in [0.1, 0.15) is 0 Å². The first-order valence-electron chi connectivity index (χ1n) is 7.59. The van der Waals surface area contributed by atoms with Crippen LogP contribution in [0.2, 0.25) is 0 Å². The van der Waals surface area contributed by atoms with Gasteiger partial charge in [-0.3, -0.25) is 0 Å². The molecule has 1 aromatic carbocycles. The molecule has 0 bridgehead atoms. The molecule has 1 unspecified atom stereocenters. The lowest BCUT2D eigenvalue weighted by atomic mass is 9.93. The molecule has 108 valence electrons. The lowest BCUT2D eigenvalue weighted by molar-refractivity contribution is 0.406. The number of unbranched alkanes of at least 4 members (excludes halogenated alkanes) is 2. The SMILES string of the molecule is CCCCCC(CNC(C)C)Cc1cccc(Br)c1. The molecule has 1 nitrogen and oxygen atoms in total. The van der Waals surface area contributed by atoms with Crippen molar-refractivity contribution in [2.45, 2.75) is 58.9 Å². The maximum Gasteiger partial charge on any atom is 0.0177 e. The van der Waals surface area contributed by atoms with Crippen molar-refractivity contribution in [3.05, 3.63) is 34.3 Å². The number of hydrogen-bond donors (Lipinski definition) is 1. The van der Waals surface area contributed by atoms with E-state index in [0.29, 0.717) is 6.04 Å². The van der Waals surface area contributed by atoms with E-state index < -0.39 is 0 Å². The third-order valence-corrected chi connectivity index (χ3v) is 3.94. The second kappa shape index (κ2) is 9.55. The van der Waals surface area contributed by atoms with Gasteiger partial charge in [0.25, 0.3) is 0 Å². The van der Waals surface area contributed by atoms with Crippen LogP contribution in [-0.4, -0.2) is 12.6 Å². The fraction of sp³-hybridized carbons (Fsp3) is 0.647. The summed E-state index contributed by atoms with van der Waals surface area (Å²) in [7, 11) is 0. The maximum absolute atomic E-state index is 3.60. The van der Waals surface area contributed by atoms with E-state index in [2.05, 4.69) is 66.3 Å². The van der Waals surface area contributed by atoms with Crippen LogP contribution in [0.4, 0.5) is 0 Å². The van der Waals surface area contributed by atoms with Crippen LogP contribution in [0.25, 0.3) is 0 Å². The van der Waals surface area contributed by atoms with E-state index >= 15 is 0 Å². The Morgan fingerprint density at radius 2 is 2.00 bits per heavy atom. The van der Waals surface area contributed by atoms with Gasteiger partial charge >= 0.3 is 0 Å². The summed E-state index contributed by atoms with van der Waals surface area (Å²) in [5.41, 5.74) is 1.45. The molecule has 0 radical (unpaired) electrons. The maximum atomic E-state index is 3.60. The highest BCUT2D eigenvalue weighted by atomic mass is 79.9. The summed E-state index contributed by atoms with van der Waals surface area (Å²) in [6.07, 6.45) is 6.54. The van der Waals surface area contributed by atoms with Crippen LogP contribution in [-0.2, 0) is 6.42 Å². The molecule has 0 aliphatic rings. The molecular formula is C17H28BrN. The van der Waals surface area contributed by atoms with E-state index in [1.165, 1.54) is 42.1 Å². The van der Waals surface area contributed by atoms with Crippen molar-refractivity contribution in [1.29, 1.82) is 0 Å². The molecule has 0 spiro atoms. The van der Waals surface area contributed by atoms with Crippen molar-refractivity contribution in [2.24, 2.45) is 5.92 Å². The minimum absolute atomic E-state index is 0.580. The van der Waals surface area contributed by atoms with Crippen LogP contribution in [0.1, 0.15) is 52.0 Å². The molecule has 0 amide bonds. The zero-order valence-electron chi connectivity index (χ0n) is 12.6. The average molecular weight is 326 g/mol. The summed E-state index contributed by atoms with van der Waals surface area (Å²) in [6, 6.07) is 9.31. The first kappa shape index (κ1) is 16.7. The quantitative estimate of drug-likeness (QED) is 0.616. The van der Waals surface area contributed by atoms with Crippen LogP contribution < -0.4 is 5.32 Å². The molecule has 1 N–H and O–H groups in total. The Kier molecular flexibility index (Phi) is 8.40. The predicted octanol–water partition coefficient (Wildman–Crippen LogP) is 5.19. The molecule has 0 fully saturated rings. The third-order valence-electron chi connectivity index (χ3n) is 3.44. The predicted molar refractivity (Wildman–Crippen MR) is 88.6 cm³/mol. The Morgan fingerprint density at radius 3 is 2.63 bits per heavy atom. The Hall–Kier alpha value is -0.340. The van der Waals surface area contributed by atoms with Crippen LogP contribution in [0.3, 0.4) is 0 Å². The molecule has 2 heteroatoms. The second-order valence-corrected chi connectivity index (χ2v) is 6.67. The summed E-state index contributed by atoms with van der Waals surface area (Å²) < 4.78 is 1.19. The van der Waals surface area contributed by atoms with Gasteiger partial charge in [-0.15, -0.1) is 0 Å². The van der Waals surface area contributed by atoms with Gasteiger partial charge in [-0.25, -0.2) is 0 Å². The number of rotatable bonds is 9. The molecule has 0 saturated heterocycles. The van der Waals surface area contributed by atoms with Crippen molar-refractivity contribution >= 4 is 15.9 Å². The molecule has 0 heterocycles. The van der Waals surface area contributed by atoms with E-state index in [1.807, 2.05) is 0 Å². The minimum atomic E-state index is 0.580. The van der Waals surface area contributed by atoms with E-state index in [-0.39, 0.29) is 0 Å². The highest BCUT2D eigenvalue weighted by Crippen LogP contribution is 2.19. The van der Waals surface area contributed by atoms with E-state index in [0.717, 1.165) is 12.5 Å². The lowest BCUT2D eigenvalue weighted by Crippen LogP contribution is -2.30. The highest BCUT2D eigenvalue weighted by Gasteiger charge is 2.10. The fourth-order valence-electron chi connectivity index (χ4n) is 2.36. The minimum Gasteiger partial charge on any atom is -0.314 e. The lowest BCUT2D eigenvalue weighted by Gasteiger charge is -2.19. The first-order valence-corrected chi connectivity index (χ1v) is 8.39. The number of nitrogens with one attached hydrogen (secondary N) is 1. The van der Waals surface area contributed by atoms with Crippen LogP contribution in [0.5, 0.6) is 0 Å². The number of halogens is 1. The Morgan fingerprint density at radius 1 is 1.21 bits per heavy atom. The standard InChI is InChI=1S/C17H28BrN/c1-4-5-6-8-16(13-19-14(2)3)11-15-9-7-10-17(18)12-15/h7,9-10,12,14,16,19H,4-6,8,11,13H2,1-3H3. The highest BCUT2D eigenvalue weighted by molar-refractivity contribution is 9.10. The molecule has 0 aromatic heterocycles. The smallest absolute Gasteiger partial charge is 0.0177 e. The summed E-state index contributed by atoms with van der Waals surface area (Å²) >= 11 is 3.56. The van der Waals surface area contributed by atoms with Gasteiger partial charge in [-0.2, -0.15) is 0 Å². The van der Waals surface area contributed by atoms with Gasteiger partial charge in [-0.1, -0.05) is 68.1 Å². The van der Waals surface area contributed by atoms with Gasteiger partial charge in [0, 0.05) is 10.5 Å². The van der Waals surface area contributed by atoms with Crippen molar-refractivity contribution in [1.82, 2.24) is 5.32 Å².